The van der Waals surface area contributed by atoms with Crippen LogP contribution < -0.4 is 5.73 Å². The van der Waals surface area contributed by atoms with Crippen molar-refractivity contribution in [2.45, 2.75) is 58.4 Å². The van der Waals surface area contributed by atoms with E-state index < -0.39 is 0 Å². The molecule has 1 rings (SSSR count). The highest BCUT2D eigenvalue weighted by Gasteiger charge is 2.24. The van der Waals surface area contributed by atoms with Gasteiger partial charge in [0.2, 0.25) is 5.91 Å². The van der Waals surface area contributed by atoms with Crippen LogP contribution in [0.2, 0.25) is 0 Å². The Morgan fingerprint density at radius 3 is 2.45 bits per heavy atom. The molecule has 1 aliphatic heterocycles. The first kappa shape index (κ1) is 17.4. The van der Waals surface area contributed by atoms with E-state index in [2.05, 4.69) is 18.7 Å². The van der Waals surface area contributed by atoms with Gasteiger partial charge in [-0.15, -0.1) is 0 Å². The predicted octanol–water partition coefficient (Wildman–Crippen LogP) is 2.08. The number of amides is 1. The molecule has 1 heterocycles. The molecule has 2 N–H and O–H groups in total. The molecule has 0 saturated carbocycles. The number of carbonyl (C=O) groups excluding carboxylic acids is 1. The van der Waals surface area contributed by atoms with E-state index in [0.717, 1.165) is 58.3 Å². The molecule has 1 fully saturated rings. The molecule has 118 valence electrons. The molecule has 20 heavy (non-hydrogen) atoms. The summed E-state index contributed by atoms with van der Waals surface area (Å²) in [6, 6.07) is 0.444. The van der Waals surface area contributed by atoms with Crippen LogP contribution in [0, 0.1) is 5.92 Å². The van der Waals surface area contributed by atoms with Crippen LogP contribution >= 0.6 is 0 Å². The standard InChI is InChI=1S/C16H33N3O/c1-4-14(8-11-17)6-7-16(20)18(3)15-9-12-19(5-2)13-10-15/h14-15H,4-13,17H2,1-3H3. The largest absolute Gasteiger partial charge is 0.343 e. The lowest BCUT2D eigenvalue weighted by molar-refractivity contribution is -0.133. The number of nitrogens with two attached hydrogens (primary N) is 1. The Kier molecular flexibility index (Phi) is 8.15. The molecule has 0 aromatic carbocycles. The van der Waals surface area contributed by atoms with Gasteiger partial charge in [-0.25, -0.2) is 0 Å². The van der Waals surface area contributed by atoms with E-state index in [1.54, 1.807) is 0 Å². The Bertz CT molecular complexity index is 275. The molecule has 0 aliphatic carbocycles. The molecular weight excluding hydrogens is 250 g/mol. The third-order valence-electron chi connectivity index (χ3n) is 4.86. The molecule has 0 aromatic heterocycles. The third kappa shape index (κ3) is 5.41. The highest BCUT2D eigenvalue weighted by Crippen LogP contribution is 2.19. The summed E-state index contributed by atoms with van der Waals surface area (Å²) in [5.41, 5.74) is 5.61. The van der Waals surface area contributed by atoms with Gasteiger partial charge in [0.1, 0.15) is 0 Å². The second kappa shape index (κ2) is 9.35. The summed E-state index contributed by atoms with van der Waals surface area (Å²) in [7, 11) is 1.98. The monoisotopic (exact) mass is 283 g/mol. The van der Waals surface area contributed by atoms with E-state index in [1.807, 2.05) is 11.9 Å². The van der Waals surface area contributed by atoms with Crippen molar-refractivity contribution in [2.24, 2.45) is 11.7 Å². The van der Waals surface area contributed by atoms with Crippen molar-refractivity contribution >= 4 is 5.91 Å². The number of piperidine rings is 1. The number of hydrogen-bond donors (Lipinski definition) is 1. The summed E-state index contributed by atoms with van der Waals surface area (Å²) in [5.74, 6) is 0.926. The van der Waals surface area contributed by atoms with Crippen molar-refractivity contribution in [1.29, 1.82) is 0 Å². The number of hydrogen-bond acceptors (Lipinski definition) is 3. The fourth-order valence-electron chi connectivity index (χ4n) is 3.12. The average Bonchev–Trinajstić information content (AvgIpc) is 2.50. The topological polar surface area (TPSA) is 49.6 Å². The minimum atomic E-state index is 0.315. The minimum Gasteiger partial charge on any atom is -0.343 e. The van der Waals surface area contributed by atoms with E-state index in [9.17, 15) is 4.79 Å². The van der Waals surface area contributed by atoms with Gasteiger partial charge in [-0.1, -0.05) is 20.3 Å². The summed E-state index contributed by atoms with van der Waals surface area (Å²) in [6.45, 7) is 8.51. The first-order chi connectivity index (χ1) is 9.62. The van der Waals surface area contributed by atoms with Crippen molar-refractivity contribution < 1.29 is 4.79 Å². The van der Waals surface area contributed by atoms with Crippen LogP contribution in [-0.4, -0.2) is 55.0 Å². The van der Waals surface area contributed by atoms with E-state index in [1.165, 1.54) is 0 Å². The molecule has 4 heteroatoms. The van der Waals surface area contributed by atoms with E-state index in [4.69, 9.17) is 5.73 Å². The van der Waals surface area contributed by atoms with Gasteiger partial charge in [-0.3, -0.25) is 4.79 Å². The van der Waals surface area contributed by atoms with E-state index in [0.29, 0.717) is 24.3 Å². The van der Waals surface area contributed by atoms with E-state index in [-0.39, 0.29) is 0 Å². The van der Waals surface area contributed by atoms with Gasteiger partial charge in [0.15, 0.2) is 0 Å². The molecule has 0 radical (unpaired) electrons. The first-order valence-corrected chi connectivity index (χ1v) is 8.30. The highest BCUT2D eigenvalue weighted by atomic mass is 16.2. The Balaban J connectivity index is 2.32. The number of rotatable bonds is 8. The van der Waals surface area contributed by atoms with Gasteiger partial charge in [0.05, 0.1) is 0 Å². The highest BCUT2D eigenvalue weighted by molar-refractivity contribution is 5.76. The van der Waals surface area contributed by atoms with Crippen LogP contribution in [-0.2, 0) is 4.79 Å². The van der Waals surface area contributed by atoms with Crippen LogP contribution in [0.5, 0.6) is 0 Å². The van der Waals surface area contributed by atoms with Gasteiger partial charge in [0.25, 0.3) is 0 Å². The molecule has 1 saturated heterocycles. The number of nitrogens with zero attached hydrogens (tertiary/aromatic N) is 2. The van der Waals surface area contributed by atoms with Crippen molar-refractivity contribution in [3.63, 3.8) is 0 Å². The van der Waals surface area contributed by atoms with Gasteiger partial charge in [-0.2, -0.15) is 0 Å². The summed E-state index contributed by atoms with van der Waals surface area (Å²) >= 11 is 0. The summed E-state index contributed by atoms with van der Waals surface area (Å²) in [6.07, 6.45) is 6.09. The lowest BCUT2D eigenvalue weighted by atomic mass is 9.96. The molecule has 0 bridgehead atoms. The zero-order chi connectivity index (χ0) is 15.0. The minimum absolute atomic E-state index is 0.315. The first-order valence-electron chi connectivity index (χ1n) is 8.30. The van der Waals surface area contributed by atoms with Crippen LogP contribution in [0.3, 0.4) is 0 Å². The predicted molar refractivity (Wildman–Crippen MR) is 84.6 cm³/mol. The molecular formula is C16H33N3O. The van der Waals surface area contributed by atoms with Crippen molar-refractivity contribution in [3.8, 4) is 0 Å². The second-order valence-electron chi connectivity index (χ2n) is 6.06. The van der Waals surface area contributed by atoms with Crippen molar-refractivity contribution in [1.82, 2.24) is 9.80 Å². The summed E-state index contributed by atoms with van der Waals surface area (Å²) < 4.78 is 0. The lowest BCUT2D eigenvalue weighted by Gasteiger charge is -2.36. The van der Waals surface area contributed by atoms with Gasteiger partial charge < -0.3 is 15.5 Å². The Morgan fingerprint density at radius 1 is 1.30 bits per heavy atom. The Hall–Kier alpha value is -0.610. The van der Waals surface area contributed by atoms with Crippen LogP contribution in [0.25, 0.3) is 0 Å². The maximum atomic E-state index is 12.3. The molecule has 1 amide bonds. The quantitative estimate of drug-likeness (QED) is 0.742. The SMILES string of the molecule is CCC(CCN)CCC(=O)N(C)C1CCN(CC)CC1. The fourth-order valence-corrected chi connectivity index (χ4v) is 3.12. The van der Waals surface area contributed by atoms with Crippen LogP contribution in [0.15, 0.2) is 0 Å². The number of likely N-dealkylation sites (tertiary alicyclic amines) is 1. The van der Waals surface area contributed by atoms with Gasteiger partial charge >= 0.3 is 0 Å². The lowest BCUT2D eigenvalue weighted by Crippen LogP contribution is -2.45. The average molecular weight is 283 g/mol. The molecule has 1 atom stereocenters. The summed E-state index contributed by atoms with van der Waals surface area (Å²) in [4.78, 5) is 16.8. The molecule has 0 spiro atoms. The smallest absolute Gasteiger partial charge is 0.222 e. The molecule has 0 aromatic rings. The zero-order valence-corrected chi connectivity index (χ0v) is 13.6. The van der Waals surface area contributed by atoms with Crippen LogP contribution in [0.1, 0.15) is 52.4 Å². The molecule has 1 unspecified atom stereocenters. The third-order valence-corrected chi connectivity index (χ3v) is 4.86. The van der Waals surface area contributed by atoms with E-state index >= 15 is 0 Å². The number of carbonyl (C=O) groups is 1. The molecule has 4 nitrogen and oxygen atoms in total. The maximum Gasteiger partial charge on any atom is 0.222 e. The van der Waals surface area contributed by atoms with Gasteiger partial charge in [-0.05, 0) is 44.7 Å². The Morgan fingerprint density at radius 2 is 1.95 bits per heavy atom. The normalized spacial score (nSPS) is 19.0. The second-order valence-corrected chi connectivity index (χ2v) is 6.06. The van der Waals surface area contributed by atoms with Crippen molar-refractivity contribution in [3.05, 3.63) is 0 Å². The summed E-state index contributed by atoms with van der Waals surface area (Å²) in [5, 5.41) is 0. The zero-order valence-electron chi connectivity index (χ0n) is 13.6. The van der Waals surface area contributed by atoms with Gasteiger partial charge in [0, 0.05) is 32.6 Å². The maximum absolute atomic E-state index is 12.3. The van der Waals surface area contributed by atoms with Crippen molar-refractivity contribution in [2.75, 3.05) is 33.2 Å². The molecule has 1 aliphatic rings. The Labute approximate surface area is 124 Å². The van der Waals surface area contributed by atoms with Crippen LogP contribution in [0.4, 0.5) is 0 Å². The fraction of sp³-hybridized carbons (Fsp3) is 0.938.